The predicted octanol–water partition coefficient (Wildman–Crippen LogP) is 8.71. The van der Waals surface area contributed by atoms with E-state index in [-0.39, 0.29) is 17.5 Å². The van der Waals surface area contributed by atoms with Gasteiger partial charge in [-0.1, -0.05) is 125 Å². The van der Waals surface area contributed by atoms with Crippen molar-refractivity contribution in [3.8, 4) is 11.1 Å². The summed E-state index contributed by atoms with van der Waals surface area (Å²) in [5, 5.41) is 0. The lowest BCUT2D eigenvalue weighted by Gasteiger charge is -2.53. The van der Waals surface area contributed by atoms with E-state index in [1.54, 1.807) is 0 Å². The van der Waals surface area contributed by atoms with Crippen LogP contribution in [0, 0.1) is 0 Å². The van der Waals surface area contributed by atoms with Gasteiger partial charge in [-0.25, -0.2) is 0 Å². The summed E-state index contributed by atoms with van der Waals surface area (Å²) in [7, 11) is 0. The second kappa shape index (κ2) is 8.37. The number of anilines is 6. The van der Waals surface area contributed by atoms with Crippen LogP contribution < -0.4 is 26.2 Å². The Morgan fingerprint density at radius 1 is 0.422 bits per heavy atom. The van der Waals surface area contributed by atoms with Gasteiger partial charge in [0, 0.05) is 33.6 Å². The van der Waals surface area contributed by atoms with E-state index in [9.17, 15) is 0 Å². The zero-order valence-electron chi connectivity index (χ0n) is 26.1. The molecule has 0 fully saturated rings. The van der Waals surface area contributed by atoms with Crippen molar-refractivity contribution >= 4 is 57.2 Å². The van der Waals surface area contributed by atoms with Crippen LogP contribution in [0.4, 0.5) is 34.1 Å². The summed E-state index contributed by atoms with van der Waals surface area (Å²) in [6.45, 7) is 9.84. The van der Waals surface area contributed by atoms with Crippen LogP contribution in [0.3, 0.4) is 0 Å². The number of hydrogen-bond donors (Lipinski definition) is 0. The van der Waals surface area contributed by atoms with Crippen molar-refractivity contribution in [2.45, 2.75) is 38.5 Å². The van der Waals surface area contributed by atoms with E-state index in [0.717, 1.165) is 0 Å². The first-order valence-corrected chi connectivity index (χ1v) is 16.2. The molecule has 0 radical (unpaired) electrons. The Kier molecular flexibility index (Phi) is 4.71. The maximum atomic E-state index is 2.61. The van der Waals surface area contributed by atoms with Crippen molar-refractivity contribution in [2.24, 2.45) is 0 Å². The van der Waals surface area contributed by atoms with Crippen LogP contribution in [-0.4, -0.2) is 6.71 Å². The Labute approximate surface area is 265 Å². The smallest absolute Gasteiger partial charge is 0.252 e. The van der Waals surface area contributed by atoms with E-state index in [1.165, 1.54) is 83.9 Å². The molecule has 0 saturated heterocycles. The third-order valence-electron chi connectivity index (χ3n) is 11.2. The van der Waals surface area contributed by atoms with Gasteiger partial charge in [-0.15, -0.1) is 0 Å². The highest BCUT2D eigenvalue weighted by Crippen LogP contribution is 2.59. The average molecular weight is 577 g/mol. The fraction of sp³-hybridized carbons (Fsp3) is 0.143. The van der Waals surface area contributed by atoms with Gasteiger partial charge in [0.15, 0.2) is 0 Å². The van der Waals surface area contributed by atoms with Crippen LogP contribution >= 0.6 is 0 Å². The molecule has 4 aliphatic rings. The van der Waals surface area contributed by atoms with Crippen molar-refractivity contribution in [3.05, 3.63) is 150 Å². The van der Waals surface area contributed by atoms with Gasteiger partial charge in [0.05, 0.1) is 11.4 Å². The lowest BCUT2D eigenvalue weighted by molar-refractivity contribution is 0.609. The second-order valence-electron chi connectivity index (χ2n) is 14.2. The molecule has 6 aromatic rings. The molecule has 3 heteroatoms. The number of fused-ring (bicyclic) bond motifs is 10. The molecule has 0 unspecified atom stereocenters. The lowest BCUT2D eigenvalue weighted by atomic mass is 9.32. The lowest BCUT2D eigenvalue weighted by Crippen LogP contribution is -2.63. The van der Waals surface area contributed by atoms with Gasteiger partial charge in [-0.3, -0.25) is 0 Å². The Morgan fingerprint density at radius 2 is 0.933 bits per heavy atom. The average Bonchev–Trinajstić information content (AvgIpc) is 3.07. The largest absolute Gasteiger partial charge is 0.311 e. The van der Waals surface area contributed by atoms with Gasteiger partial charge in [0.1, 0.15) is 0 Å². The number of nitrogens with zero attached hydrogens (tertiary/aromatic N) is 2. The summed E-state index contributed by atoms with van der Waals surface area (Å²) in [5.41, 5.74) is 19.9. The Morgan fingerprint density at radius 3 is 1.58 bits per heavy atom. The van der Waals surface area contributed by atoms with Crippen molar-refractivity contribution in [2.75, 3.05) is 9.80 Å². The minimum absolute atomic E-state index is 0.138. The summed E-state index contributed by atoms with van der Waals surface area (Å²) >= 11 is 0. The molecule has 45 heavy (non-hydrogen) atoms. The molecule has 0 spiro atoms. The molecule has 6 aromatic carbocycles. The molecule has 0 saturated carbocycles. The number of rotatable bonds is 1. The summed E-state index contributed by atoms with van der Waals surface area (Å²) in [6.07, 6.45) is 0. The molecule has 4 heterocycles. The van der Waals surface area contributed by atoms with Crippen molar-refractivity contribution < 1.29 is 0 Å². The summed E-state index contributed by atoms with van der Waals surface area (Å²) in [5.74, 6) is 0. The number of hydrogen-bond acceptors (Lipinski definition) is 2. The normalized spacial score (nSPS) is 16.7. The van der Waals surface area contributed by atoms with E-state index in [4.69, 9.17) is 0 Å². The van der Waals surface area contributed by atoms with Gasteiger partial charge >= 0.3 is 0 Å². The Hall–Kier alpha value is -5.02. The third kappa shape index (κ3) is 3.02. The SMILES string of the molecule is CC1(C)c2ccccc2N2c3ccccc3B3c4ccc(-c5ccccc5)cc4N4c5ccccc5C(C)(C)c5cc1c2c3c54. The van der Waals surface area contributed by atoms with Crippen LogP contribution in [0.5, 0.6) is 0 Å². The maximum absolute atomic E-state index is 2.61. The van der Waals surface area contributed by atoms with E-state index in [2.05, 4.69) is 165 Å². The first-order chi connectivity index (χ1) is 21.9. The molecule has 4 aliphatic heterocycles. The molecule has 2 nitrogen and oxygen atoms in total. The first-order valence-electron chi connectivity index (χ1n) is 16.2. The van der Waals surface area contributed by atoms with E-state index in [0.29, 0.717) is 0 Å². The molecule has 214 valence electrons. The van der Waals surface area contributed by atoms with Gasteiger partial charge in [0.25, 0.3) is 6.71 Å². The number of benzene rings is 6. The molecule has 0 atom stereocenters. The third-order valence-corrected chi connectivity index (χ3v) is 11.2. The fourth-order valence-electron chi connectivity index (χ4n) is 9.02. The minimum atomic E-state index is -0.165. The Balaban J connectivity index is 1.39. The molecular formula is C42H33BN2. The summed E-state index contributed by atoms with van der Waals surface area (Å²) in [6, 6.07) is 47.9. The number of para-hydroxylation sites is 3. The van der Waals surface area contributed by atoms with Crippen LogP contribution in [0.1, 0.15) is 49.9 Å². The van der Waals surface area contributed by atoms with Gasteiger partial charge < -0.3 is 9.80 Å². The standard InChI is InChI=1S/C42H33BN2/c1-41(2)28-16-8-11-19-34(28)44-36-21-13-10-18-32(36)43-33-23-22-27(26-14-6-5-7-15-26)24-37(33)45-35-20-12-9-17-29(35)42(3,4)31-25-30(41)39(44)38(43)40(31)45/h5-25H,1-4H3. The zero-order chi connectivity index (χ0) is 30.2. The molecule has 0 aromatic heterocycles. The van der Waals surface area contributed by atoms with Crippen molar-refractivity contribution in [1.82, 2.24) is 0 Å². The summed E-state index contributed by atoms with van der Waals surface area (Å²) < 4.78 is 0. The monoisotopic (exact) mass is 576 g/mol. The molecule has 0 N–H and O–H groups in total. The molecule has 0 bridgehead atoms. The van der Waals surface area contributed by atoms with Gasteiger partial charge in [-0.05, 0) is 80.1 Å². The highest BCUT2D eigenvalue weighted by atomic mass is 15.2. The fourth-order valence-corrected chi connectivity index (χ4v) is 9.02. The van der Waals surface area contributed by atoms with E-state index in [1.807, 2.05) is 0 Å². The molecule has 10 rings (SSSR count). The topological polar surface area (TPSA) is 6.48 Å². The highest BCUT2D eigenvalue weighted by molar-refractivity contribution is 7.00. The molecule has 0 amide bonds. The van der Waals surface area contributed by atoms with Crippen molar-refractivity contribution in [1.29, 1.82) is 0 Å². The van der Waals surface area contributed by atoms with Crippen LogP contribution in [-0.2, 0) is 10.8 Å². The van der Waals surface area contributed by atoms with Crippen LogP contribution in [0.15, 0.2) is 127 Å². The second-order valence-corrected chi connectivity index (χ2v) is 14.2. The van der Waals surface area contributed by atoms with Crippen molar-refractivity contribution in [3.63, 3.8) is 0 Å². The zero-order valence-corrected chi connectivity index (χ0v) is 26.1. The van der Waals surface area contributed by atoms with E-state index < -0.39 is 0 Å². The highest BCUT2D eigenvalue weighted by Gasteiger charge is 2.52. The predicted molar refractivity (Wildman–Crippen MR) is 190 cm³/mol. The van der Waals surface area contributed by atoms with Gasteiger partial charge in [0.2, 0.25) is 0 Å². The minimum Gasteiger partial charge on any atom is -0.311 e. The molecular weight excluding hydrogens is 543 g/mol. The van der Waals surface area contributed by atoms with E-state index >= 15 is 0 Å². The van der Waals surface area contributed by atoms with Crippen LogP contribution in [0.2, 0.25) is 0 Å². The quantitative estimate of drug-likeness (QED) is 0.180. The Bertz CT molecular complexity index is 2250. The summed E-state index contributed by atoms with van der Waals surface area (Å²) in [4.78, 5) is 5.20. The first kappa shape index (κ1) is 25.3. The molecule has 0 aliphatic carbocycles. The van der Waals surface area contributed by atoms with Gasteiger partial charge in [-0.2, -0.15) is 0 Å². The maximum Gasteiger partial charge on any atom is 0.252 e. The van der Waals surface area contributed by atoms with Crippen LogP contribution in [0.25, 0.3) is 11.1 Å².